The number of anilines is 1. The minimum Gasteiger partial charge on any atom is -0.368 e. The van der Waals surface area contributed by atoms with Crippen LogP contribution in [-0.4, -0.2) is 24.5 Å². The van der Waals surface area contributed by atoms with E-state index in [1.165, 1.54) is 0 Å². The molecule has 0 unspecified atom stereocenters. The van der Waals surface area contributed by atoms with Crippen LogP contribution in [0, 0.1) is 4.77 Å². The van der Waals surface area contributed by atoms with Gasteiger partial charge in [0.05, 0.1) is 12.7 Å². The fourth-order valence-electron chi connectivity index (χ4n) is 1.22. The largest absolute Gasteiger partial charge is 0.368 e. The monoisotopic (exact) mass is 210 g/mol. The lowest BCUT2D eigenvalue weighted by molar-refractivity contribution is 0.761. The van der Waals surface area contributed by atoms with E-state index in [0.29, 0.717) is 17.3 Å². The Balaban J connectivity index is 2.31. The number of nitrogens with zero attached hydrogens (tertiary/aromatic N) is 4. The summed E-state index contributed by atoms with van der Waals surface area (Å²) in [5.41, 5.74) is 6.66. The summed E-state index contributed by atoms with van der Waals surface area (Å²) < 4.78 is 3.97. The molecule has 7 heteroatoms. The third kappa shape index (κ3) is 1.53. The molecule has 2 aromatic heterocycles. The Kier molecular flexibility index (Phi) is 2.08. The number of hydrogen-bond donors (Lipinski definition) is 2. The number of aromatic nitrogens is 5. The van der Waals surface area contributed by atoms with Crippen LogP contribution in [0.15, 0.2) is 12.4 Å². The summed E-state index contributed by atoms with van der Waals surface area (Å²) in [4.78, 5) is 0. The summed E-state index contributed by atoms with van der Waals surface area (Å²) in [5.74, 6) is 0.388. The first-order valence-corrected chi connectivity index (χ1v) is 4.46. The van der Waals surface area contributed by atoms with E-state index in [0.717, 1.165) is 5.56 Å². The molecule has 2 heterocycles. The van der Waals surface area contributed by atoms with Gasteiger partial charge in [0.2, 0.25) is 5.95 Å². The summed E-state index contributed by atoms with van der Waals surface area (Å²) in [6.45, 7) is 0.592. The maximum atomic E-state index is 5.62. The highest BCUT2D eigenvalue weighted by Gasteiger charge is 2.03. The molecule has 0 aliphatic rings. The van der Waals surface area contributed by atoms with E-state index in [9.17, 15) is 0 Å². The van der Waals surface area contributed by atoms with Crippen molar-refractivity contribution in [3.05, 3.63) is 22.7 Å². The van der Waals surface area contributed by atoms with E-state index in [2.05, 4.69) is 15.3 Å². The van der Waals surface area contributed by atoms with Gasteiger partial charge in [0.15, 0.2) is 4.77 Å². The SMILES string of the molecule is Cn1cc(Cn2c(N)n[nH]c2=S)cn1. The number of nitrogen functional groups attached to an aromatic ring is 1. The molecule has 0 aromatic carbocycles. The number of nitrogens with two attached hydrogens (primary N) is 1. The number of hydrogen-bond acceptors (Lipinski definition) is 4. The first kappa shape index (κ1) is 8.95. The molecule has 2 aromatic rings. The molecule has 6 nitrogen and oxygen atoms in total. The predicted molar refractivity (Wildman–Crippen MR) is 54.1 cm³/mol. The van der Waals surface area contributed by atoms with Crippen LogP contribution in [-0.2, 0) is 13.6 Å². The molecule has 0 saturated carbocycles. The zero-order chi connectivity index (χ0) is 10.1. The fourth-order valence-corrected chi connectivity index (χ4v) is 1.42. The van der Waals surface area contributed by atoms with Crippen molar-refractivity contribution in [1.82, 2.24) is 24.5 Å². The van der Waals surface area contributed by atoms with Crippen molar-refractivity contribution in [2.45, 2.75) is 6.54 Å². The third-order valence-electron chi connectivity index (χ3n) is 1.89. The molecule has 0 atom stereocenters. The second-order valence-electron chi connectivity index (χ2n) is 3.00. The van der Waals surface area contributed by atoms with Gasteiger partial charge in [-0.15, -0.1) is 5.10 Å². The van der Waals surface area contributed by atoms with Crippen LogP contribution in [0.4, 0.5) is 5.95 Å². The molecule has 3 N–H and O–H groups in total. The molecule has 14 heavy (non-hydrogen) atoms. The smallest absolute Gasteiger partial charge is 0.220 e. The molecule has 0 aliphatic carbocycles. The second-order valence-corrected chi connectivity index (χ2v) is 3.38. The molecule has 74 valence electrons. The van der Waals surface area contributed by atoms with Gasteiger partial charge >= 0.3 is 0 Å². The van der Waals surface area contributed by atoms with Gasteiger partial charge in [-0.2, -0.15) is 5.10 Å². The number of aromatic amines is 1. The average molecular weight is 210 g/mol. The minimum absolute atomic E-state index is 0.388. The van der Waals surface area contributed by atoms with E-state index < -0.39 is 0 Å². The molecule has 0 fully saturated rings. The van der Waals surface area contributed by atoms with Gasteiger partial charge in [-0.05, 0) is 12.2 Å². The van der Waals surface area contributed by atoms with Crippen molar-refractivity contribution in [2.24, 2.45) is 7.05 Å². The maximum Gasteiger partial charge on any atom is 0.220 e. The fraction of sp³-hybridized carbons (Fsp3) is 0.286. The summed E-state index contributed by atoms with van der Waals surface area (Å²) in [6, 6.07) is 0. The zero-order valence-corrected chi connectivity index (χ0v) is 8.45. The topological polar surface area (TPSA) is 77.5 Å². The standard InChI is InChI=1S/C7H10N6S/c1-12-3-5(2-9-12)4-13-6(8)10-11-7(13)14/h2-3H,4H2,1H3,(H2,8,10)(H,11,14). The van der Waals surface area contributed by atoms with Crippen LogP contribution in [0.2, 0.25) is 0 Å². The lowest BCUT2D eigenvalue weighted by Gasteiger charge is -1.99. The number of H-pyrrole nitrogens is 1. The molecular formula is C7H10N6S. The Bertz CT molecular complexity index is 492. The van der Waals surface area contributed by atoms with Crippen molar-refractivity contribution in [1.29, 1.82) is 0 Å². The molecule has 0 amide bonds. The second kappa shape index (κ2) is 3.26. The molecule has 0 saturated heterocycles. The predicted octanol–water partition coefficient (Wildman–Crippen LogP) is 0.305. The van der Waals surface area contributed by atoms with E-state index in [-0.39, 0.29) is 0 Å². The van der Waals surface area contributed by atoms with Crippen molar-refractivity contribution in [3.63, 3.8) is 0 Å². The summed E-state index contributed by atoms with van der Waals surface area (Å²) in [6.07, 6.45) is 3.68. The third-order valence-corrected chi connectivity index (χ3v) is 2.20. The molecular weight excluding hydrogens is 200 g/mol. The van der Waals surface area contributed by atoms with Crippen molar-refractivity contribution < 1.29 is 0 Å². The molecule has 0 spiro atoms. The number of rotatable bonds is 2. The summed E-state index contributed by atoms with van der Waals surface area (Å²) in [5, 5.41) is 10.5. The van der Waals surface area contributed by atoms with Crippen molar-refractivity contribution in [2.75, 3.05) is 5.73 Å². The highest BCUT2D eigenvalue weighted by Crippen LogP contribution is 2.05. The molecule has 2 rings (SSSR count). The van der Waals surface area contributed by atoms with Crippen LogP contribution in [0.3, 0.4) is 0 Å². The number of aryl methyl sites for hydroxylation is 1. The molecule has 0 aliphatic heterocycles. The molecule has 0 radical (unpaired) electrons. The normalized spacial score (nSPS) is 10.6. The molecule has 0 bridgehead atoms. The van der Waals surface area contributed by atoms with Crippen LogP contribution < -0.4 is 5.73 Å². The Morgan fingerprint density at radius 3 is 2.93 bits per heavy atom. The van der Waals surface area contributed by atoms with Gasteiger partial charge in [0, 0.05) is 18.8 Å². The minimum atomic E-state index is 0.388. The van der Waals surface area contributed by atoms with Crippen LogP contribution in [0.5, 0.6) is 0 Å². The highest BCUT2D eigenvalue weighted by atomic mass is 32.1. The maximum absolute atomic E-state index is 5.62. The van der Waals surface area contributed by atoms with Gasteiger partial charge in [-0.3, -0.25) is 9.25 Å². The van der Waals surface area contributed by atoms with Gasteiger partial charge in [0.25, 0.3) is 0 Å². The van der Waals surface area contributed by atoms with Crippen molar-refractivity contribution >= 4 is 18.2 Å². The van der Waals surface area contributed by atoms with Gasteiger partial charge in [-0.25, -0.2) is 5.10 Å². The first-order chi connectivity index (χ1) is 6.66. The van der Waals surface area contributed by atoms with Gasteiger partial charge in [-0.1, -0.05) is 0 Å². The Morgan fingerprint density at radius 2 is 2.43 bits per heavy atom. The van der Waals surface area contributed by atoms with Gasteiger partial charge < -0.3 is 5.73 Å². The van der Waals surface area contributed by atoms with E-state index in [1.54, 1.807) is 15.4 Å². The Labute approximate surface area is 85.4 Å². The Hall–Kier alpha value is -1.63. The van der Waals surface area contributed by atoms with Gasteiger partial charge in [0.1, 0.15) is 0 Å². The summed E-state index contributed by atoms with van der Waals surface area (Å²) in [7, 11) is 1.86. The average Bonchev–Trinajstić information content (AvgIpc) is 2.67. The van der Waals surface area contributed by atoms with Crippen LogP contribution in [0.25, 0.3) is 0 Å². The van der Waals surface area contributed by atoms with E-state index in [1.807, 2.05) is 13.2 Å². The van der Waals surface area contributed by atoms with Crippen molar-refractivity contribution in [3.8, 4) is 0 Å². The first-order valence-electron chi connectivity index (χ1n) is 4.05. The van der Waals surface area contributed by atoms with E-state index in [4.69, 9.17) is 18.0 Å². The quantitative estimate of drug-likeness (QED) is 0.699. The zero-order valence-electron chi connectivity index (χ0n) is 7.64. The summed E-state index contributed by atoms with van der Waals surface area (Å²) >= 11 is 5.02. The van der Waals surface area contributed by atoms with E-state index >= 15 is 0 Å². The lowest BCUT2D eigenvalue weighted by Crippen LogP contribution is -2.04. The van der Waals surface area contributed by atoms with Crippen LogP contribution >= 0.6 is 12.2 Å². The van der Waals surface area contributed by atoms with Crippen LogP contribution in [0.1, 0.15) is 5.56 Å². The Morgan fingerprint density at radius 1 is 1.64 bits per heavy atom. The highest BCUT2D eigenvalue weighted by molar-refractivity contribution is 7.71. The number of nitrogens with one attached hydrogen (secondary N) is 1. The lowest BCUT2D eigenvalue weighted by atomic mass is 10.3.